The highest BCUT2D eigenvalue weighted by Gasteiger charge is 1.90. The summed E-state index contributed by atoms with van der Waals surface area (Å²) in [6.45, 7) is 6.37. The molecule has 0 aliphatic rings. The smallest absolute Gasteiger partial charge is 0.0752 e. The van der Waals surface area contributed by atoms with E-state index in [1.165, 1.54) is 25.7 Å². The molecule has 100 valence electrons. The van der Waals surface area contributed by atoms with Gasteiger partial charge in [0.15, 0.2) is 0 Å². The fourth-order valence-corrected chi connectivity index (χ4v) is 1.39. The summed E-state index contributed by atoms with van der Waals surface area (Å²) in [7, 11) is 0. The molecule has 0 aliphatic heterocycles. The number of quaternary nitrogens is 1. The van der Waals surface area contributed by atoms with Crippen LogP contribution in [0.3, 0.4) is 0 Å². The van der Waals surface area contributed by atoms with Gasteiger partial charge in [-0.1, -0.05) is 0 Å². The topological polar surface area (TPSA) is 77.7 Å². The Morgan fingerprint density at radius 1 is 0.750 bits per heavy atom. The second-order valence-electron chi connectivity index (χ2n) is 3.91. The van der Waals surface area contributed by atoms with E-state index < -0.39 is 0 Å². The van der Waals surface area contributed by atoms with Crippen LogP contribution in [-0.4, -0.2) is 39.3 Å². The van der Waals surface area contributed by atoms with Gasteiger partial charge in [0.2, 0.25) is 0 Å². The van der Waals surface area contributed by atoms with E-state index in [0.717, 1.165) is 45.7 Å². The highest BCUT2D eigenvalue weighted by Crippen LogP contribution is 1.86. The highest BCUT2D eigenvalue weighted by molar-refractivity contribution is 4.52. The van der Waals surface area contributed by atoms with Crippen LogP contribution >= 0.6 is 0 Å². The van der Waals surface area contributed by atoms with E-state index >= 15 is 0 Å². The number of rotatable bonds is 12. The number of hydrogen-bond acceptors (Lipinski definition) is 3. The molecule has 4 nitrogen and oxygen atoms in total. The Balaban J connectivity index is 0. The largest absolute Gasteiger partial charge is 1.00 e. The molecule has 0 rings (SSSR count). The number of nitrogens with one attached hydrogen (secondary N) is 2. The average Bonchev–Trinajstić information content (AvgIpc) is 2.26. The van der Waals surface area contributed by atoms with Crippen molar-refractivity contribution in [3.8, 4) is 0 Å². The van der Waals surface area contributed by atoms with Crippen molar-refractivity contribution in [3.63, 3.8) is 0 Å². The molecule has 0 amide bonds. The van der Waals surface area contributed by atoms with Gasteiger partial charge in [-0.15, -0.1) is 0 Å². The molecular formula is C11H29ClN4. The minimum absolute atomic E-state index is 0. The third-order valence-electron chi connectivity index (χ3n) is 2.37. The highest BCUT2D eigenvalue weighted by atomic mass is 35.5. The molecule has 5 heteroatoms. The van der Waals surface area contributed by atoms with Crippen LogP contribution < -0.4 is 34.5 Å². The van der Waals surface area contributed by atoms with Crippen LogP contribution in [0.1, 0.15) is 32.1 Å². The third-order valence-corrected chi connectivity index (χ3v) is 2.37. The molecule has 0 unspecified atom stereocenters. The monoisotopic (exact) mass is 258 g/mol. The lowest BCUT2D eigenvalue weighted by atomic mass is 10.3. The van der Waals surface area contributed by atoms with Gasteiger partial charge in [0, 0.05) is 13.0 Å². The zero-order valence-corrected chi connectivity index (χ0v) is 11.2. The molecule has 16 heavy (non-hydrogen) atoms. The molecule has 0 saturated carbocycles. The summed E-state index contributed by atoms with van der Waals surface area (Å²) in [5.74, 6) is 0. The van der Waals surface area contributed by atoms with Crippen LogP contribution in [0.4, 0.5) is 0 Å². The molecule has 0 saturated heterocycles. The summed E-state index contributed by atoms with van der Waals surface area (Å²) < 4.78 is 0. The van der Waals surface area contributed by atoms with Gasteiger partial charge in [-0.05, 0) is 51.9 Å². The molecule has 0 spiro atoms. The van der Waals surface area contributed by atoms with Gasteiger partial charge in [0.25, 0.3) is 0 Å². The normalized spacial score (nSPS) is 10.1. The Kier molecular flexibility index (Phi) is 20.3. The van der Waals surface area contributed by atoms with Crippen LogP contribution in [0.25, 0.3) is 0 Å². The summed E-state index contributed by atoms with van der Waals surface area (Å²) in [4.78, 5) is 0. The first-order valence-corrected chi connectivity index (χ1v) is 6.32. The van der Waals surface area contributed by atoms with E-state index in [2.05, 4.69) is 16.4 Å². The molecule has 0 radical (unpaired) electrons. The first-order valence-electron chi connectivity index (χ1n) is 6.32. The van der Waals surface area contributed by atoms with Crippen LogP contribution in [0.5, 0.6) is 0 Å². The number of unbranched alkanes of at least 4 members (excludes halogenated alkanes) is 2. The van der Waals surface area contributed by atoms with Crippen molar-refractivity contribution in [2.45, 2.75) is 32.1 Å². The fraction of sp³-hybridized carbons (Fsp3) is 1.00. The predicted molar refractivity (Wildman–Crippen MR) is 65.6 cm³/mol. The zero-order chi connectivity index (χ0) is 11.2. The lowest BCUT2D eigenvalue weighted by Gasteiger charge is -2.05. The third kappa shape index (κ3) is 16.6. The molecule has 0 bridgehead atoms. The number of hydrogen-bond donors (Lipinski definition) is 4. The van der Waals surface area contributed by atoms with E-state index in [-0.39, 0.29) is 12.4 Å². The minimum atomic E-state index is 0. The maximum atomic E-state index is 5.41. The first-order chi connectivity index (χ1) is 7.41. The molecule has 0 aromatic heterocycles. The second kappa shape index (κ2) is 17.5. The van der Waals surface area contributed by atoms with Gasteiger partial charge in [-0.25, -0.2) is 0 Å². The molecule has 0 heterocycles. The zero-order valence-electron chi connectivity index (χ0n) is 10.4. The van der Waals surface area contributed by atoms with Crippen molar-refractivity contribution in [1.82, 2.24) is 10.6 Å². The maximum absolute atomic E-state index is 5.41. The first kappa shape index (κ1) is 18.5. The SMILES string of the molecule is [15NH2]CCCC[15NH][13CH2]CC[13CH2][15NH]CCC[15NH3+].[Cl-]. The lowest BCUT2D eigenvalue weighted by Crippen LogP contribution is -3.00. The Labute approximate surface area is 106 Å². The van der Waals surface area contributed by atoms with E-state index in [0.29, 0.717) is 0 Å². The van der Waals surface area contributed by atoms with E-state index in [1.807, 2.05) is 0 Å². The van der Waals surface area contributed by atoms with Crippen molar-refractivity contribution in [2.75, 3.05) is 39.3 Å². The van der Waals surface area contributed by atoms with Gasteiger partial charge in [0.1, 0.15) is 0 Å². The predicted octanol–water partition coefficient (Wildman–Crippen LogP) is -3.68. The van der Waals surface area contributed by atoms with Crippen molar-refractivity contribution in [3.05, 3.63) is 0 Å². The summed E-state index contributed by atoms with van der Waals surface area (Å²) in [6, 6.07) is 0. The summed E-state index contributed by atoms with van der Waals surface area (Å²) in [5, 5.41) is 6.84. The minimum Gasteiger partial charge on any atom is -1.00 e. The van der Waals surface area contributed by atoms with Crippen molar-refractivity contribution >= 4 is 0 Å². The van der Waals surface area contributed by atoms with Crippen LogP contribution in [0.2, 0.25) is 0 Å². The summed E-state index contributed by atoms with van der Waals surface area (Å²) >= 11 is 0. The van der Waals surface area contributed by atoms with Gasteiger partial charge < -0.3 is 34.5 Å². The van der Waals surface area contributed by atoms with Gasteiger partial charge in [-0.2, -0.15) is 0 Å². The van der Waals surface area contributed by atoms with Gasteiger partial charge >= 0.3 is 0 Å². The molecule has 7 N–H and O–H groups in total. The standard InChI is InChI=1S/C11H28N4.ClH/c12-6-1-2-8-14-9-3-4-10-15-11-5-7-13;/h14-15H,1-13H2;1H/i9+1,10+1,12+1,13+1,14+1,15+1;. The fourth-order valence-electron chi connectivity index (χ4n) is 1.39. The van der Waals surface area contributed by atoms with Crippen molar-refractivity contribution < 1.29 is 18.1 Å². The van der Waals surface area contributed by atoms with Crippen LogP contribution in [0, 0.1) is 0 Å². The van der Waals surface area contributed by atoms with E-state index in [4.69, 9.17) is 5.73 Å². The molecule has 0 aliphatic carbocycles. The Bertz CT molecular complexity index is 102. The van der Waals surface area contributed by atoms with Crippen LogP contribution in [0.15, 0.2) is 0 Å². The maximum Gasteiger partial charge on any atom is 0.0752 e. The Morgan fingerprint density at radius 3 is 1.62 bits per heavy atom. The number of halogens is 1. The Hall–Kier alpha value is 0.130. The molecule has 0 fully saturated rings. The molecular weight excluding hydrogens is 230 g/mol. The summed E-state index contributed by atoms with van der Waals surface area (Å²) in [6.07, 6.45) is 6.07. The van der Waals surface area contributed by atoms with Crippen molar-refractivity contribution in [2.24, 2.45) is 5.73 Å². The average molecular weight is 259 g/mol. The van der Waals surface area contributed by atoms with Gasteiger partial charge in [-0.3, -0.25) is 0 Å². The summed E-state index contributed by atoms with van der Waals surface area (Å²) in [5.41, 5.74) is 9.22. The van der Waals surface area contributed by atoms with Crippen LogP contribution in [-0.2, 0) is 0 Å². The van der Waals surface area contributed by atoms with Gasteiger partial charge in [0.05, 0.1) is 6.54 Å². The van der Waals surface area contributed by atoms with E-state index in [1.54, 1.807) is 0 Å². The van der Waals surface area contributed by atoms with E-state index in [9.17, 15) is 0 Å². The Morgan fingerprint density at radius 2 is 1.19 bits per heavy atom. The lowest BCUT2D eigenvalue weighted by molar-refractivity contribution is -0.367. The molecule has 0 aromatic carbocycles. The molecule has 0 aromatic rings. The number of nitrogens with two attached hydrogens (primary N) is 1. The molecule has 0 atom stereocenters. The quantitative estimate of drug-likeness (QED) is 0.165. The van der Waals surface area contributed by atoms with Crippen molar-refractivity contribution in [1.29, 1.82) is 0 Å². The second-order valence-corrected chi connectivity index (χ2v) is 3.91.